The maximum atomic E-state index is 11.7. The van der Waals surface area contributed by atoms with Gasteiger partial charge in [0.2, 0.25) is 0 Å². The second-order valence-electron chi connectivity index (χ2n) is 4.33. The van der Waals surface area contributed by atoms with E-state index in [-0.39, 0.29) is 21.9 Å². The number of hydrogen-bond acceptors (Lipinski definition) is 6. The Labute approximate surface area is 126 Å². The van der Waals surface area contributed by atoms with Gasteiger partial charge in [0.25, 0.3) is 10.1 Å². The molecule has 0 radical (unpaired) electrons. The summed E-state index contributed by atoms with van der Waals surface area (Å²) in [6.45, 7) is 0. The molecule has 0 bridgehead atoms. The highest BCUT2D eigenvalue weighted by molar-refractivity contribution is 7.86. The van der Waals surface area contributed by atoms with Crippen LogP contribution >= 0.6 is 0 Å². The van der Waals surface area contributed by atoms with Crippen LogP contribution in [-0.2, 0) is 19.6 Å². The summed E-state index contributed by atoms with van der Waals surface area (Å²) in [5.41, 5.74) is 0.197. The third-order valence-electron chi connectivity index (χ3n) is 3.08. The Balaban J connectivity index is 2.88. The lowest BCUT2D eigenvalue weighted by molar-refractivity contribution is 0.0594. The number of rotatable bonds is 3. The number of esters is 2. The van der Waals surface area contributed by atoms with Gasteiger partial charge in [0.05, 0.1) is 25.3 Å². The third kappa shape index (κ3) is 2.78. The van der Waals surface area contributed by atoms with Gasteiger partial charge >= 0.3 is 11.9 Å². The molecule has 8 heteroatoms. The Morgan fingerprint density at radius 3 is 2.14 bits per heavy atom. The van der Waals surface area contributed by atoms with E-state index in [4.69, 9.17) is 0 Å². The molecule has 0 unspecified atom stereocenters. The van der Waals surface area contributed by atoms with E-state index in [1.54, 1.807) is 0 Å². The molecule has 116 valence electrons. The zero-order valence-corrected chi connectivity index (χ0v) is 12.5. The van der Waals surface area contributed by atoms with E-state index in [0.717, 1.165) is 6.07 Å². The van der Waals surface area contributed by atoms with Gasteiger partial charge in [0.1, 0.15) is 4.90 Å². The van der Waals surface area contributed by atoms with Gasteiger partial charge in [0, 0.05) is 5.39 Å². The van der Waals surface area contributed by atoms with Gasteiger partial charge in [-0.1, -0.05) is 6.07 Å². The van der Waals surface area contributed by atoms with E-state index in [0.29, 0.717) is 0 Å². The van der Waals surface area contributed by atoms with Crippen LogP contribution in [0, 0.1) is 0 Å². The maximum absolute atomic E-state index is 11.7. The normalized spacial score (nSPS) is 11.2. The first-order valence-corrected chi connectivity index (χ1v) is 7.44. The summed E-state index contributed by atoms with van der Waals surface area (Å²) < 4.78 is 41.4. The van der Waals surface area contributed by atoms with Gasteiger partial charge in [-0.25, -0.2) is 9.59 Å². The standard InChI is InChI=1S/C14H12O7S/c1-20-13(15)8-3-4-9-10(14(16)21-2)5-6-12(11(9)7-8)22(17,18)19/h3-7H,1-2H3,(H,17,18,19). The van der Waals surface area contributed by atoms with Crippen molar-refractivity contribution in [2.45, 2.75) is 4.90 Å². The molecule has 22 heavy (non-hydrogen) atoms. The first kappa shape index (κ1) is 15.9. The van der Waals surface area contributed by atoms with Crippen molar-refractivity contribution < 1.29 is 32.0 Å². The molecule has 2 rings (SSSR count). The number of methoxy groups -OCH3 is 2. The van der Waals surface area contributed by atoms with Crippen LogP contribution in [0.3, 0.4) is 0 Å². The summed E-state index contributed by atoms with van der Waals surface area (Å²) in [4.78, 5) is 22.9. The summed E-state index contributed by atoms with van der Waals surface area (Å²) in [5, 5.41) is 0.253. The molecule has 2 aromatic rings. The van der Waals surface area contributed by atoms with E-state index in [1.807, 2.05) is 0 Å². The van der Waals surface area contributed by atoms with Crippen LogP contribution in [0.2, 0.25) is 0 Å². The highest BCUT2D eigenvalue weighted by atomic mass is 32.2. The molecule has 0 aliphatic rings. The zero-order valence-electron chi connectivity index (χ0n) is 11.7. The van der Waals surface area contributed by atoms with Crippen molar-refractivity contribution in [2.24, 2.45) is 0 Å². The lowest BCUT2D eigenvalue weighted by Gasteiger charge is -2.10. The van der Waals surface area contributed by atoms with Gasteiger partial charge in [-0.3, -0.25) is 4.55 Å². The Morgan fingerprint density at radius 2 is 1.59 bits per heavy atom. The van der Waals surface area contributed by atoms with E-state index in [2.05, 4.69) is 9.47 Å². The number of ether oxygens (including phenoxy) is 2. The molecule has 0 atom stereocenters. The zero-order chi connectivity index (χ0) is 16.5. The lowest BCUT2D eigenvalue weighted by Crippen LogP contribution is -2.07. The van der Waals surface area contributed by atoms with Crippen LogP contribution in [0.15, 0.2) is 35.2 Å². The molecule has 0 saturated heterocycles. The predicted molar refractivity (Wildman–Crippen MR) is 76.4 cm³/mol. The first-order valence-electron chi connectivity index (χ1n) is 6.00. The monoisotopic (exact) mass is 324 g/mol. The summed E-state index contributed by atoms with van der Waals surface area (Å²) in [6.07, 6.45) is 0. The predicted octanol–water partition coefficient (Wildman–Crippen LogP) is 1.66. The molecule has 0 spiro atoms. The average Bonchev–Trinajstić information content (AvgIpc) is 2.50. The number of benzene rings is 2. The minimum Gasteiger partial charge on any atom is -0.465 e. The second-order valence-corrected chi connectivity index (χ2v) is 5.72. The Bertz CT molecular complexity index is 868. The van der Waals surface area contributed by atoms with E-state index in [9.17, 15) is 22.6 Å². The molecule has 0 aromatic heterocycles. The van der Waals surface area contributed by atoms with Gasteiger partial charge in [-0.15, -0.1) is 0 Å². The van der Waals surface area contributed by atoms with Crippen LogP contribution in [0.4, 0.5) is 0 Å². The minimum absolute atomic E-state index is 0.0216. The highest BCUT2D eigenvalue weighted by Crippen LogP contribution is 2.28. The van der Waals surface area contributed by atoms with Crippen LogP contribution in [0.25, 0.3) is 10.8 Å². The Hall–Kier alpha value is -2.45. The summed E-state index contributed by atoms with van der Waals surface area (Å²) in [7, 11) is -2.16. The highest BCUT2D eigenvalue weighted by Gasteiger charge is 2.20. The molecular formula is C14H12O7S. The topological polar surface area (TPSA) is 107 Å². The van der Waals surface area contributed by atoms with E-state index in [1.165, 1.54) is 38.5 Å². The number of carbonyl (C=O) groups is 2. The van der Waals surface area contributed by atoms with E-state index < -0.39 is 27.0 Å². The summed E-state index contributed by atoms with van der Waals surface area (Å²) in [6, 6.07) is 6.31. The molecule has 0 fully saturated rings. The van der Waals surface area contributed by atoms with Crippen molar-refractivity contribution >= 4 is 32.8 Å². The molecule has 0 amide bonds. The quantitative estimate of drug-likeness (QED) is 0.675. The number of fused-ring (bicyclic) bond motifs is 1. The molecule has 0 aliphatic carbocycles. The maximum Gasteiger partial charge on any atom is 0.338 e. The van der Waals surface area contributed by atoms with Crippen molar-refractivity contribution in [1.82, 2.24) is 0 Å². The average molecular weight is 324 g/mol. The molecular weight excluding hydrogens is 312 g/mol. The van der Waals surface area contributed by atoms with Crippen molar-refractivity contribution in [2.75, 3.05) is 14.2 Å². The number of hydrogen-bond donors (Lipinski definition) is 1. The van der Waals surface area contributed by atoms with Crippen LogP contribution in [0.1, 0.15) is 20.7 Å². The Morgan fingerprint density at radius 1 is 0.955 bits per heavy atom. The first-order chi connectivity index (χ1) is 10.3. The molecule has 0 saturated carbocycles. The number of carbonyl (C=O) groups excluding carboxylic acids is 2. The minimum atomic E-state index is -4.53. The van der Waals surface area contributed by atoms with Crippen LogP contribution in [0.5, 0.6) is 0 Å². The fourth-order valence-corrected chi connectivity index (χ4v) is 2.77. The van der Waals surface area contributed by atoms with Crippen molar-refractivity contribution in [3.8, 4) is 0 Å². The largest absolute Gasteiger partial charge is 0.465 e. The molecule has 7 nitrogen and oxygen atoms in total. The Kier molecular flexibility index (Phi) is 4.16. The fraction of sp³-hybridized carbons (Fsp3) is 0.143. The smallest absolute Gasteiger partial charge is 0.338 e. The van der Waals surface area contributed by atoms with Crippen molar-refractivity contribution in [3.05, 3.63) is 41.5 Å². The van der Waals surface area contributed by atoms with Crippen LogP contribution in [-0.4, -0.2) is 39.1 Å². The molecule has 0 aliphatic heterocycles. The summed E-state index contributed by atoms with van der Waals surface area (Å²) >= 11 is 0. The van der Waals surface area contributed by atoms with Crippen molar-refractivity contribution in [3.63, 3.8) is 0 Å². The van der Waals surface area contributed by atoms with Gasteiger partial charge < -0.3 is 9.47 Å². The summed E-state index contributed by atoms with van der Waals surface area (Å²) in [5.74, 6) is -1.34. The SMILES string of the molecule is COC(=O)c1ccc2c(C(=O)OC)ccc(S(=O)(=O)O)c2c1. The van der Waals surface area contributed by atoms with Crippen LogP contribution < -0.4 is 0 Å². The molecule has 2 aromatic carbocycles. The lowest BCUT2D eigenvalue weighted by atomic mass is 10.0. The fourth-order valence-electron chi connectivity index (χ4n) is 2.08. The van der Waals surface area contributed by atoms with Gasteiger partial charge in [-0.05, 0) is 29.7 Å². The van der Waals surface area contributed by atoms with Gasteiger partial charge in [0.15, 0.2) is 0 Å². The molecule has 0 heterocycles. The third-order valence-corrected chi connectivity index (χ3v) is 3.99. The molecule has 1 N–H and O–H groups in total. The van der Waals surface area contributed by atoms with Gasteiger partial charge in [-0.2, -0.15) is 8.42 Å². The second kappa shape index (κ2) is 5.74. The van der Waals surface area contributed by atoms with Crippen molar-refractivity contribution in [1.29, 1.82) is 0 Å². The van der Waals surface area contributed by atoms with E-state index >= 15 is 0 Å².